The number of amides is 1. The second-order valence-electron chi connectivity index (χ2n) is 6.48. The van der Waals surface area contributed by atoms with E-state index < -0.39 is 0 Å². The van der Waals surface area contributed by atoms with Crippen molar-refractivity contribution in [3.63, 3.8) is 0 Å². The molecule has 1 aromatic carbocycles. The van der Waals surface area contributed by atoms with E-state index >= 15 is 0 Å². The number of nitrogens with one attached hydrogen (secondary N) is 1. The fourth-order valence-electron chi connectivity index (χ4n) is 3.07. The standard InChI is InChI=1S/C19H31N3O2.2ClH/c1-3-22(4-2)13-14-24-18-11-5-15(6-12-18)19(23)21-17-9-7-16(20)8-10-17;;/h5-6,11-12,16-17H,3-4,7-10,13-14,20H2,1-2H3,(H,21,23);2*1H. The number of nitrogens with two attached hydrogens (primary N) is 1. The van der Waals surface area contributed by atoms with Crippen LogP contribution in [0.15, 0.2) is 24.3 Å². The molecule has 0 heterocycles. The van der Waals surface area contributed by atoms with Gasteiger partial charge in [0.1, 0.15) is 12.4 Å². The van der Waals surface area contributed by atoms with Gasteiger partial charge in [0.2, 0.25) is 0 Å². The number of rotatable bonds is 8. The SMILES string of the molecule is CCN(CC)CCOc1ccc(C(=O)NC2CCC(N)CC2)cc1.Cl.Cl. The van der Waals surface area contributed by atoms with Crippen LogP contribution in [0.5, 0.6) is 5.75 Å². The highest BCUT2D eigenvalue weighted by atomic mass is 35.5. The number of benzene rings is 1. The van der Waals surface area contributed by atoms with E-state index in [0.29, 0.717) is 18.2 Å². The molecule has 26 heavy (non-hydrogen) atoms. The molecule has 1 aromatic rings. The van der Waals surface area contributed by atoms with Crippen LogP contribution in [0.25, 0.3) is 0 Å². The summed E-state index contributed by atoms with van der Waals surface area (Å²) >= 11 is 0. The minimum absolute atomic E-state index is 0. The van der Waals surface area contributed by atoms with Gasteiger partial charge in [0.25, 0.3) is 5.91 Å². The molecule has 0 atom stereocenters. The first-order valence-corrected chi connectivity index (χ1v) is 9.14. The Morgan fingerprint density at radius 1 is 1.12 bits per heavy atom. The Hall–Kier alpha value is -1.01. The van der Waals surface area contributed by atoms with E-state index in [1.807, 2.05) is 24.3 Å². The third kappa shape index (κ3) is 8.12. The molecule has 150 valence electrons. The van der Waals surface area contributed by atoms with E-state index in [2.05, 4.69) is 24.1 Å². The summed E-state index contributed by atoms with van der Waals surface area (Å²) in [6.45, 7) is 7.94. The summed E-state index contributed by atoms with van der Waals surface area (Å²) in [4.78, 5) is 14.6. The number of hydrogen-bond acceptors (Lipinski definition) is 4. The van der Waals surface area contributed by atoms with Crippen LogP contribution in [-0.4, -0.2) is 49.1 Å². The smallest absolute Gasteiger partial charge is 0.251 e. The van der Waals surface area contributed by atoms with Crippen molar-refractivity contribution in [2.24, 2.45) is 5.73 Å². The first kappa shape index (κ1) is 25.0. The molecule has 5 nitrogen and oxygen atoms in total. The van der Waals surface area contributed by atoms with Gasteiger partial charge in [0.05, 0.1) is 0 Å². The molecule has 0 saturated heterocycles. The molecule has 0 unspecified atom stereocenters. The van der Waals surface area contributed by atoms with Gasteiger partial charge in [-0.15, -0.1) is 24.8 Å². The van der Waals surface area contributed by atoms with E-state index in [0.717, 1.165) is 51.1 Å². The predicted octanol–water partition coefficient (Wildman–Crippen LogP) is 3.25. The topological polar surface area (TPSA) is 67.6 Å². The van der Waals surface area contributed by atoms with Gasteiger partial charge in [0.15, 0.2) is 0 Å². The van der Waals surface area contributed by atoms with Gasteiger partial charge < -0.3 is 20.7 Å². The van der Waals surface area contributed by atoms with Crippen LogP contribution in [0.3, 0.4) is 0 Å². The average molecular weight is 406 g/mol. The number of ether oxygens (including phenoxy) is 1. The average Bonchev–Trinajstić information content (AvgIpc) is 2.61. The molecule has 1 fully saturated rings. The fraction of sp³-hybridized carbons (Fsp3) is 0.632. The highest BCUT2D eigenvalue weighted by Gasteiger charge is 2.20. The molecular weight excluding hydrogens is 373 g/mol. The van der Waals surface area contributed by atoms with Crippen molar-refractivity contribution < 1.29 is 9.53 Å². The molecule has 0 spiro atoms. The lowest BCUT2D eigenvalue weighted by molar-refractivity contribution is 0.0926. The zero-order valence-corrected chi connectivity index (χ0v) is 17.4. The summed E-state index contributed by atoms with van der Waals surface area (Å²) in [5.74, 6) is 0.799. The Bertz CT molecular complexity index is 502. The molecule has 1 aliphatic carbocycles. The minimum atomic E-state index is -0.00911. The highest BCUT2D eigenvalue weighted by molar-refractivity contribution is 5.94. The third-order valence-electron chi connectivity index (χ3n) is 4.79. The zero-order valence-electron chi connectivity index (χ0n) is 15.8. The van der Waals surface area contributed by atoms with Crippen molar-refractivity contribution in [2.45, 2.75) is 51.6 Å². The molecule has 0 aromatic heterocycles. The summed E-state index contributed by atoms with van der Waals surface area (Å²) in [7, 11) is 0. The van der Waals surface area contributed by atoms with Gasteiger partial charge in [-0.3, -0.25) is 4.79 Å². The molecule has 0 radical (unpaired) electrons. The van der Waals surface area contributed by atoms with Crippen LogP contribution in [0.2, 0.25) is 0 Å². The highest BCUT2D eigenvalue weighted by Crippen LogP contribution is 2.18. The maximum Gasteiger partial charge on any atom is 0.251 e. The number of likely N-dealkylation sites (N-methyl/N-ethyl adjacent to an activating group) is 1. The van der Waals surface area contributed by atoms with Crippen LogP contribution in [0, 0.1) is 0 Å². The lowest BCUT2D eigenvalue weighted by atomic mass is 9.91. The van der Waals surface area contributed by atoms with Gasteiger partial charge in [-0.25, -0.2) is 0 Å². The second kappa shape index (κ2) is 13.2. The van der Waals surface area contributed by atoms with Crippen LogP contribution >= 0.6 is 24.8 Å². The fourth-order valence-corrected chi connectivity index (χ4v) is 3.07. The van der Waals surface area contributed by atoms with Gasteiger partial charge in [-0.05, 0) is 63.0 Å². The normalized spacial score (nSPS) is 19.2. The maximum atomic E-state index is 12.3. The zero-order chi connectivity index (χ0) is 17.4. The Morgan fingerprint density at radius 2 is 1.69 bits per heavy atom. The van der Waals surface area contributed by atoms with Gasteiger partial charge in [0, 0.05) is 24.2 Å². The molecule has 3 N–H and O–H groups in total. The summed E-state index contributed by atoms with van der Waals surface area (Å²) in [5, 5.41) is 3.11. The quantitative estimate of drug-likeness (QED) is 0.696. The van der Waals surface area contributed by atoms with Crippen molar-refractivity contribution in [3.05, 3.63) is 29.8 Å². The monoisotopic (exact) mass is 405 g/mol. The van der Waals surface area contributed by atoms with E-state index in [9.17, 15) is 4.79 Å². The Kier molecular flexibility index (Phi) is 12.7. The predicted molar refractivity (Wildman–Crippen MR) is 112 cm³/mol. The number of carbonyl (C=O) groups excluding carboxylic acids is 1. The lowest BCUT2D eigenvalue weighted by Gasteiger charge is -2.26. The number of halogens is 2. The number of nitrogens with zero attached hydrogens (tertiary/aromatic N) is 1. The molecule has 1 aliphatic rings. The third-order valence-corrected chi connectivity index (χ3v) is 4.79. The van der Waals surface area contributed by atoms with E-state index in [4.69, 9.17) is 10.5 Å². The molecule has 2 rings (SSSR count). The first-order chi connectivity index (χ1) is 11.6. The molecule has 1 saturated carbocycles. The largest absolute Gasteiger partial charge is 0.492 e. The molecule has 7 heteroatoms. The summed E-state index contributed by atoms with van der Waals surface area (Å²) in [5.41, 5.74) is 6.58. The van der Waals surface area contributed by atoms with Crippen LogP contribution in [0.1, 0.15) is 49.9 Å². The van der Waals surface area contributed by atoms with Crippen molar-refractivity contribution >= 4 is 30.7 Å². The maximum absolute atomic E-state index is 12.3. The number of hydrogen-bond donors (Lipinski definition) is 2. The van der Waals surface area contributed by atoms with Gasteiger partial charge in [-0.2, -0.15) is 0 Å². The Balaban J connectivity index is 0.00000312. The lowest BCUT2D eigenvalue weighted by Crippen LogP contribution is -2.40. The summed E-state index contributed by atoms with van der Waals surface area (Å²) in [6, 6.07) is 7.95. The van der Waals surface area contributed by atoms with E-state index in [1.54, 1.807) is 0 Å². The summed E-state index contributed by atoms with van der Waals surface area (Å²) in [6.07, 6.45) is 3.92. The van der Waals surface area contributed by atoms with Crippen molar-refractivity contribution in [1.29, 1.82) is 0 Å². The van der Waals surface area contributed by atoms with Crippen molar-refractivity contribution in [3.8, 4) is 5.75 Å². The molecule has 1 amide bonds. The van der Waals surface area contributed by atoms with Gasteiger partial charge in [-0.1, -0.05) is 13.8 Å². The van der Waals surface area contributed by atoms with E-state index in [1.165, 1.54) is 0 Å². The molecule has 0 aliphatic heterocycles. The second-order valence-corrected chi connectivity index (χ2v) is 6.48. The first-order valence-electron chi connectivity index (χ1n) is 9.14. The van der Waals surface area contributed by atoms with Crippen LogP contribution < -0.4 is 15.8 Å². The minimum Gasteiger partial charge on any atom is -0.492 e. The molecular formula is C19H33Cl2N3O2. The van der Waals surface area contributed by atoms with Crippen molar-refractivity contribution in [2.75, 3.05) is 26.2 Å². The number of carbonyl (C=O) groups is 1. The van der Waals surface area contributed by atoms with Crippen molar-refractivity contribution in [1.82, 2.24) is 10.2 Å². The van der Waals surface area contributed by atoms with E-state index in [-0.39, 0.29) is 36.8 Å². The van der Waals surface area contributed by atoms with Crippen LogP contribution in [-0.2, 0) is 0 Å². The summed E-state index contributed by atoms with van der Waals surface area (Å²) < 4.78 is 5.75. The van der Waals surface area contributed by atoms with Gasteiger partial charge >= 0.3 is 0 Å². The van der Waals surface area contributed by atoms with Crippen LogP contribution in [0.4, 0.5) is 0 Å². The molecule has 0 bridgehead atoms. The Labute approximate surface area is 169 Å². The Morgan fingerprint density at radius 3 is 2.23 bits per heavy atom.